The number of ether oxygens (including phenoxy) is 1. The molecule has 4 heterocycles. The number of halogens is 3. The van der Waals surface area contributed by atoms with E-state index in [0.29, 0.717) is 11.8 Å². The molecule has 4 aromatic rings. The van der Waals surface area contributed by atoms with Crippen LogP contribution in [0.2, 0.25) is 0 Å². The summed E-state index contributed by atoms with van der Waals surface area (Å²) in [6, 6.07) is 12.7. The van der Waals surface area contributed by atoms with Crippen LogP contribution in [0.1, 0.15) is 61.1 Å². The molecule has 1 aromatic carbocycles. The van der Waals surface area contributed by atoms with Gasteiger partial charge in [0.25, 0.3) is 0 Å². The predicted octanol–water partition coefficient (Wildman–Crippen LogP) is 6.41. The minimum absolute atomic E-state index is 0.0432. The highest BCUT2D eigenvalue weighted by molar-refractivity contribution is 5.77. The van der Waals surface area contributed by atoms with Crippen molar-refractivity contribution in [3.8, 4) is 6.01 Å². The summed E-state index contributed by atoms with van der Waals surface area (Å²) in [5.74, 6) is 0. The maximum Gasteiger partial charge on any atom is 0.431 e. The molecule has 3 aromatic heterocycles. The van der Waals surface area contributed by atoms with E-state index in [0.717, 1.165) is 48.8 Å². The van der Waals surface area contributed by atoms with Crippen LogP contribution in [0.5, 0.6) is 6.01 Å². The van der Waals surface area contributed by atoms with Crippen molar-refractivity contribution in [3.63, 3.8) is 0 Å². The van der Waals surface area contributed by atoms with Gasteiger partial charge in [0, 0.05) is 37.1 Å². The summed E-state index contributed by atoms with van der Waals surface area (Å²) in [4.78, 5) is 15.1. The Hall–Kier alpha value is -3.46. The Morgan fingerprint density at radius 1 is 0.973 bits per heavy atom. The van der Waals surface area contributed by atoms with Gasteiger partial charge in [-0.3, -0.25) is 9.88 Å². The van der Waals surface area contributed by atoms with Crippen LogP contribution in [-0.2, 0) is 19.3 Å². The molecular weight excluding hydrogens is 479 g/mol. The summed E-state index contributed by atoms with van der Waals surface area (Å²) in [6.45, 7) is 5.14. The first kappa shape index (κ1) is 25.2. The largest absolute Gasteiger partial charge is 0.455 e. The van der Waals surface area contributed by atoms with E-state index in [-0.39, 0.29) is 24.3 Å². The van der Waals surface area contributed by atoms with Crippen LogP contribution in [0, 0.1) is 0 Å². The second kappa shape index (κ2) is 10.9. The third-order valence-corrected chi connectivity index (χ3v) is 6.75. The van der Waals surface area contributed by atoms with Gasteiger partial charge in [-0.1, -0.05) is 37.6 Å². The zero-order valence-corrected chi connectivity index (χ0v) is 20.8. The Morgan fingerprint density at radius 3 is 2.30 bits per heavy atom. The highest BCUT2D eigenvalue weighted by atomic mass is 19.4. The fourth-order valence-corrected chi connectivity index (χ4v) is 4.87. The first-order chi connectivity index (χ1) is 17.9. The number of pyridine rings is 1. The van der Waals surface area contributed by atoms with Crippen molar-refractivity contribution in [1.82, 2.24) is 24.4 Å². The van der Waals surface area contributed by atoms with Gasteiger partial charge in [0.15, 0.2) is 0 Å². The van der Waals surface area contributed by atoms with E-state index in [2.05, 4.69) is 19.9 Å². The topological polar surface area (TPSA) is 56.1 Å². The van der Waals surface area contributed by atoms with Gasteiger partial charge in [-0.2, -0.15) is 18.2 Å². The second-order valence-corrected chi connectivity index (χ2v) is 9.52. The van der Waals surface area contributed by atoms with E-state index < -0.39 is 11.9 Å². The molecule has 0 amide bonds. The predicted molar refractivity (Wildman–Crippen MR) is 135 cm³/mol. The van der Waals surface area contributed by atoms with E-state index >= 15 is 0 Å². The average Bonchev–Trinajstić information content (AvgIpc) is 3.53. The minimum atomic E-state index is -4.53. The van der Waals surface area contributed by atoms with Gasteiger partial charge < -0.3 is 9.30 Å². The number of alkyl halides is 3. The van der Waals surface area contributed by atoms with E-state index in [1.54, 1.807) is 12.4 Å². The Labute approximate surface area is 214 Å². The number of aromatic nitrogens is 4. The van der Waals surface area contributed by atoms with Gasteiger partial charge in [-0.05, 0) is 67.2 Å². The molecule has 9 heteroatoms. The number of benzene rings is 1. The third kappa shape index (κ3) is 5.93. The number of fused-ring (bicyclic) bond motifs is 1. The van der Waals surface area contributed by atoms with Gasteiger partial charge in [-0.25, -0.2) is 4.98 Å². The van der Waals surface area contributed by atoms with Gasteiger partial charge in [0.1, 0.15) is 17.4 Å². The number of hydrogen-bond donors (Lipinski definition) is 0. The summed E-state index contributed by atoms with van der Waals surface area (Å²) in [7, 11) is 0. The third-order valence-electron chi connectivity index (χ3n) is 6.75. The van der Waals surface area contributed by atoms with Gasteiger partial charge in [0.2, 0.25) is 0 Å². The van der Waals surface area contributed by atoms with E-state index in [9.17, 15) is 13.2 Å². The standard InChI is InChI=1S/C28H30F3N5O/c1-2-5-24(22-10-12-32-13-11-22)37-27-33-17-23-16-25(28(29,30)31)36(26(23)34-27)19-21-8-6-20(7-9-21)18-35-14-3-4-15-35/h6-13,16-17,24H,2-5,14-15,18-19H2,1H3/t24-/m0/s1. The second-order valence-electron chi connectivity index (χ2n) is 9.52. The monoisotopic (exact) mass is 509 g/mol. The molecule has 0 aliphatic carbocycles. The van der Waals surface area contributed by atoms with Crippen molar-refractivity contribution < 1.29 is 17.9 Å². The molecule has 0 saturated carbocycles. The summed E-state index contributed by atoms with van der Waals surface area (Å²) in [6.07, 6.45) is 3.92. The van der Waals surface area contributed by atoms with Crippen molar-refractivity contribution in [2.24, 2.45) is 0 Å². The van der Waals surface area contributed by atoms with Crippen molar-refractivity contribution in [2.45, 2.75) is 58.0 Å². The lowest BCUT2D eigenvalue weighted by molar-refractivity contribution is -0.143. The van der Waals surface area contributed by atoms with E-state index in [1.165, 1.54) is 23.6 Å². The minimum Gasteiger partial charge on any atom is -0.455 e. The first-order valence-corrected chi connectivity index (χ1v) is 12.7. The molecular formula is C28H30F3N5O. The van der Waals surface area contributed by atoms with E-state index in [4.69, 9.17) is 4.74 Å². The van der Waals surface area contributed by atoms with Crippen LogP contribution in [0.25, 0.3) is 11.0 Å². The highest BCUT2D eigenvalue weighted by Gasteiger charge is 2.36. The first-order valence-electron chi connectivity index (χ1n) is 12.7. The Bertz CT molecular complexity index is 1320. The van der Waals surface area contributed by atoms with Crippen molar-refractivity contribution in [3.05, 3.63) is 83.4 Å². The van der Waals surface area contributed by atoms with Crippen LogP contribution in [0.15, 0.2) is 61.1 Å². The lowest BCUT2D eigenvalue weighted by Gasteiger charge is -2.18. The molecule has 1 atom stereocenters. The molecule has 5 rings (SSSR count). The molecule has 0 spiro atoms. The lowest BCUT2D eigenvalue weighted by atomic mass is 10.1. The van der Waals surface area contributed by atoms with Crippen molar-refractivity contribution in [2.75, 3.05) is 13.1 Å². The number of nitrogens with zero attached hydrogens (tertiary/aromatic N) is 5. The molecule has 0 bridgehead atoms. The zero-order valence-electron chi connectivity index (χ0n) is 20.8. The molecule has 6 nitrogen and oxygen atoms in total. The van der Waals surface area contributed by atoms with Crippen LogP contribution in [0.3, 0.4) is 0 Å². The molecule has 1 saturated heterocycles. The maximum atomic E-state index is 14.0. The van der Waals surface area contributed by atoms with Crippen LogP contribution in [0.4, 0.5) is 13.2 Å². The smallest absolute Gasteiger partial charge is 0.431 e. The Morgan fingerprint density at radius 2 is 1.65 bits per heavy atom. The maximum absolute atomic E-state index is 14.0. The summed E-state index contributed by atoms with van der Waals surface area (Å²) in [5.41, 5.74) is 2.30. The number of rotatable bonds is 9. The lowest BCUT2D eigenvalue weighted by Crippen LogP contribution is -2.18. The van der Waals surface area contributed by atoms with Crippen molar-refractivity contribution >= 4 is 11.0 Å². The summed E-state index contributed by atoms with van der Waals surface area (Å²) < 4.78 is 49.3. The SMILES string of the molecule is CCC[C@H](Oc1ncc2cc(C(F)(F)F)n(Cc3ccc(CN4CCCC4)cc3)c2n1)c1ccncc1. The molecule has 37 heavy (non-hydrogen) atoms. The molecule has 1 aliphatic heterocycles. The molecule has 1 aliphatic rings. The van der Waals surface area contributed by atoms with Crippen LogP contribution < -0.4 is 4.74 Å². The zero-order chi connectivity index (χ0) is 25.8. The van der Waals surface area contributed by atoms with Crippen LogP contribution >= 0.6 is 0 Å². The molecule has 0 N–H and O–H groups in total. The fraction of sp³-hybridized carbons (Fsp3) is 0.393. The Kier molecular flexibility index (Phi) is 7.41. The molecule has 0 radical (unpaired) electrons. The Balaban J connectivity index is 1.44. The highest BCUT2D eigenvalue weighted by Crippen LogP contribution is 2.35. The number of hydrogen-bond acceptors (Lipinski definition) is 5. The number of likely N-dealkylation sites (tertiary alicyclic amines) is 1. The fourth-order valence-electron chi connectivity index (χ4n) is 4.87. The van der Waals surface area contributed by atoms with Crippen molar-refractivity contribution in [1.29, 1.82) is 0 Å². The quantitative estimate of drug-likeness (QED) is 0.261. The molecule has 1 fully saturated rings. The van der Waals surface area contributed by atoms with Crippen LogP contribution in [-0.4, -0.2) is 37.5 Å². The van der Waals surface area contributed by atoms with Gasteiger partial charge in [-0.15, -0.1) is 0 Å². The summed E-state index contributed by atoms with van der Waals surface area (Å²) in [5, 5.41) is 0.321. The van der Waals surface area contributed by atoms with Gasteiger partial charge >= 0.3 is 12.2 Å². The van der Waals surface area contributed by atoms with Gasteiger partial charge in [0.05, 0.1) is 0 Å². The summed E-state index contributed by atoms with van der Waals surface area (Å²) >= 11 is 0. The average molecular weight is 510 g/mol. The normalized spacial score (nSPS) is 15.4. The van der Waals surface area contributed by atoms with E-state index in [1.807, 2.05) is 43.3 Å². The molecule has 0 unspecified atom stereocenters. The molecule has 194 valence electrons.